The molecule has 0 radical (unpaired) electrons. The highest BCUT2D eigenvalue weighted by atomic mass is 32.2. The van der Waals surface area contributed by atoms with Crippen LogP contribution in [0.25, 0.3) is 22.4 Å². The van der Waals surface area contributed by atoms with Crippen molar-refractivity contribution in [3.05, 3.63) is 93.5 Å². The lowest BCUT2D eigenvalue weighted by molar-refractivity contribution is 0.410. The van der Waals surface area contributed by atoms with Crippen molar-refractivity contribution in [3.63, 3.8) is 0 Å². The third-order valence-electron chi connectivity index (χ3n) is 5.60. The van der Waals surface area contributed by atoms with E-state index < -0.39 is 0 Å². The molecule has 0 aliphatic heterocycles. The smallest absolute Gasteiger partial charge is 0.267 e. The van der Waals surface area contributed by atoms with Gasteiger partial charge in [0, 0.05) is 11.3 Å². The fraction of sp³-hybridized carbons (Fsp3) is 0.160. The number of thioether (sulfide) groups is 1. The number of para-hydroxylation sites is 1. The molecule has 0 saturated carbocycles. The molecule has 0 N–H and O–H groups in total. The molecule has 166 valence electrons. The van der Waals surface area contributed by atoms with Gasteiger partial charge in [-0.1, -0.05) is 36.0 Å². The first-order valence-electron chi connectivity index (χ1n) is 10.4. The number of nitrogens with zero attached hydrogens (tertiary/aromatic N) is 4. The van der Waals surface area contributed by atoms with Crippen molar-refractivity contribution in [2.24, 2.45) is 0 Å². The lowest BCUT2D eigenvalue weighted by Crippen LogP contribution is -2.22. The third kappa shape index (κ3) is 3.66. The summed E-state index contributed by atoms with van der Waals surface area (Å²) in [5.41, 5.74) is 4.06. The molecule has 6 nitrogen and oxygen atoms in total. The van der Waals surface area contributed by atoms with Gasteiger partial charge in [-0.15, -0.1) is 10.2 Å². The summed E-state index contributed by atoms with van der Waals surface area (Å²) in [6.07, 6.45) is 0. The molecule has 0 bridgehead atoms. The summed E-state index contributed by atoms with van der Waals surface area (Å²) in [6, 6.07) is 17.8. The number of benzene rings is 3. The van der Waals surface area contributed by atoms with Gasteiger partial charge < -0.3 is 4.74 Å². The van der Waals surface area contributed by atoms with Gasteiger partial charge in [0.1, 0.15) is 11.6 Å². The molecule has 2 aromatic heterocycles. The Bertz CT molecular complexity index is 1570. The minimum atomic E-state index is -0.327. The van der Waals surface area contributed by atoms with Gasteiger partial charge in [-0.05, 0) is 61.4 Å². The predicted molar refractivity (Wildman–Crippen MR) is 128 cm³/mol. The Labute approximate surface area is 193 Å². The zero-order chi connectivity index (χ0) is 23.1. The molecule has 3 aromatic carbocycles. The Morgan fingerprint density at radius 1 is 1.03 bits per heavy atom. The van der Waals surface area contributed by atoms with Crippen molar-refractivity contribution in [1.82, 2.24) is 19.2 Å². The minimum Gasteiger partial charge on any atom is -0.496 e. The fourth-order valence-corrected chi connectivity index (χ4v) is 4.87. The highest BCUT2D eigenvalue weighted by Crippen LogP contribution is 2.30. The van der Waals surface area contributed by atoms with E-state index in [4.69, 9.17) is 4.74 Å². The van der Waals surface area contributed by atoms with Gasteiger partial charge in [-0.25, -0.2) is 8.96 Å². The van der Waals surface area contributed by atoms with Gasteiger partial charge in [0.2, 0.25) is 5.78 Å². The van der Waals surface area contributed by atoms with E-state index in [1.165, 1.54) is 23.9 Å². The lowest BCUT2D eigenvalue weighted by Gasteiger charge is -2.14. The summed E-state index contributed by atoms with van der Waals surface area (Å²) < 4.78 is 22.7. The van der Waals surface area contributed by atoms with E-state index in [9.17, 15) is 9.18 Å². The van der Waals surface area contributed by atoms with Crippen molar-refractivity contribution in [2.75, 3.05) is 7.11 Å². The zero-order valence-corrected chi connectivity index (χ0v) is 19.2. The van der Waals surface area contributed by atoms with Gasteiger partial charge in [0.25, 0.3) is 5.56 Å². The van der Waals surface area contributed by atoms with Crippen LogP contribution in [0.5, 0.6) is 5.75 Å². The second-order valence-corrected chi connectivity index (χ2v) is 8.75. The number of ether oxygens (including phenoxy) is 1. The molecule has 0 unspecified atom stereocenters. The first-order chi connectivity index (χ1) is 16.0. The van der Waals surface area contributed by atoms with Crippen LogP contribution in [0.2, 0.25) is 0 Å². The average Bonchev–Trinajstić information content (AvgIpc) is 3.24. The normalized spacial score (nSPS) is 11.4. The number of rotatable bonds is 5. The first kappa shape index (κ1) is 21.2. The third-order valence-corrected chi connectivity index (χ3v) is 6.58. The Hall–Kier alpha value is -3.65. The maximum absolute atomic E-state index is 13.8. The van der Waals surface area contributed by atoms with Crippen LogP contribution in [0, 0.1) is 19.7 Å². The Kier molecular flexibility index (Phi) is 5.38. The van der Waals surface area contributed by atoms with Crippen molar-refractivity contribution < 1.29 is 9.13 Å². The Morgan fingerprint density at radius 3 is 2.67 bits per heavy atom. The van der Waals surface area contributed by atoms with Gasteiger partial charge >= 0.3 is 0 Å². The average molecular weight is 461 g/mol. The second kappa shape index (κ2) is 8.37. The predicted octanol–water partition coefficient (Wildman–Crippen LogP) is 5.09. The summed E-state index contributed by atoms with van der Waals surface area (Å²) in [4.78, 5) is 13.5. The van der Waals surface area contributed by atoms with E-state index in [1.54, 1.807) is 17.7 Å². The molecule has 0 amide bonds. The lowest BCUT2D eigenvalue weighted by atomic mass is 10.1. The van der Waals surface area contributed by atoms with Crippen molar-refractivity contribution >= 4 is 28.4 Å². The van der Waals surface area contributed by atoms with E-state index in [2.05, 4.69) is 10.2 Å². The molecule has 0 aliphatic carbocycles. The molecule has 0 saturated heterocycles. The summed E-state index contributed by atoms with van der Waals surface area (Å²) >= 11 is 1.41. The topological polar surface area (TPSA) is 61.4 Å². The van der Waals surface area contributed by atoms with Crippen LogP contribution >= 0.6 is 11.8 Å². The van der Waals surface area contributed by atoms with Crippen LogP contribution in [0.15, 0.2) is 70.6 Å². The van der Waals surface area contributed by atoms with Gasteiger partial charge in [0.05, 0.1) is 23.7 Å². The fourth-order valence-electron chi connectivity index (χ4n) is 3.95. The number of hydrogen-bond donors (Lipinski definition) is 0. The van der Waals surface area contributed by atoms with Crippen LogP contribution in [0.3, 0.4) is 0 Å². The number of halogens is 1. The van der Waals surface area contributed by atoms with E-state index >= 15 is 0 Å². The number of aromatic nitrogens is 4. The Balaban J connectivity index is 1.72. The molecule has 2 heterocycles. The minimum absolute atomic E-state index is 0.150. The van der Waals surface area contributed by atoms with Crippen LogP contribution < -0.4 is 10.3 Å². The maximum atomic E-state index is 13.8. The summed E-state index contributed by atoms with van der Waals surface area (Å²) in [7, 11) is 1.56. The van der Waals surface area contributed by atoms with E-state index in [0.29, 0.717) is 33.4 Å². The maximum Gasteiger partial charge on any atom is 0.267 e. The number of fused-ring (bicyclic) bond motifs is 3. The van der Waals surface area contributed by atoms with E-state index in [-0.39, 0.29) is 11.4 Å². The number of hydrogen-bond acceptors (Lipinski definition) is 5. The summed E-state index contributed by atoms with van der Waals surface area (Å²) in [5, 5.41) is 9.97. The summed E-state index contributed by atoms with van der Waals surface area (Å²) in [5.74, 6) is 1.14. The van der Waals surface area contributed by atoms with Gasteiger partial charge in [-0.2, -0.15) is 0 Å². The molecule has 0 fully saturated rings. The molecule has 0 aliphatic rings. The van der Waals surface area contributed by atoms with Crippen LogP contribution in [-0.4, -0.2) is 26.3 Å². The highest BCUT2D eigenvalue weighted by Gasteiger charge is 2.19. The number of methoxy groups -OCH3 is 1. The van der Waals surface area contributed by atoms with Gasteiger partial charge in [-0.3, -0.25) is 9.20 Å². The van der Waals surface area contributed by atoms with E-state index in [0.717, 1.165) is 22.3 Å². The second-order valence-electron chi connectivity index (χ2n) is 7.81. The standard InChI is InChI=1S/C25H21FN4O2S/c1-15-8-9-16(2)21(12-15)29-23(31)19-6-4-5-7-20(19)30-24(29)27-28-25(30)33-14-17-13-18(26)10-11-22(17)32-3/h4-13H,14H2,1-3H3. The van der Waals surface area contributed by atoms with Gasteiger partial charge in [0.15, 0.2) is 5.16 Å². The van der Waals surface area contributed by atoms with Crippen molar-refractivity contribution in [2.45, 2.75) is 24.8 Å². The molecular weight excluding hydrogens is 439 g/mol. The molecular formula is C25H21FN4O2S. The van der Waals surface area contributed by atoms with Crippen molar-refractivity contribution in [1.29, 1.82) is 0 Å². The molecule has 5 rings (SSSR count). The molecule has 8 heteroatoms. The molecule has 5 aromatic rings. The monoisotopic (exact) mass is 460 g/mol. The van der Waals surface area contributed by atoms with Crippen LogP contribution in [0.4, 0.5) is 4.39 Å². The number of aryl methyl sites for hydroxylation is 2. The summed E-state index contributed by atoms with van der Waals surface area (Å²) in [6.45, 7) is 3.96. The van der Waals surface area contributed by atoms with Crippen molar-refractivity contribution in [3.8, 4) is 11.4 Å². The molecule has 0 spiro atoms. The van der Waals surface area contributed by atoms with E-state index in [1.807, 2.05) is 60.7 Å². The Morgan fingerprint density at radius 2 is 1.85 bits per heavy atom. The largest absolute Gasteiger partial charge is 0.496 e. The highest BCUT2D eigenvalue weighted by molar-refractivity contribution is 7.98. The zero-order valence-electron chi connectivity index (χ0n) is 18.4. The quantitative estimate of drug-likeness (QED) is 0.342. The van der Waals surface area contributed by atoms with Crippen LogP contribution in [-0.2, 0) is 5.75 Å². The van der Waals surface area contributed by atoms with Crippen LogP contribution in [0.1, 0.15) is 16.7 Å². The molecule has 33 heavy (non-hydrogen) atoms. The molecule has 0 atom stereocenters. The first-order valence-corrected chi connectivity index (χ1v) is 11.4. The SMILES string of the molecule is COc1ccc(F)cc1CSc1nnc2n(-c3cc(C)ccc3C)c(=O)c3ccccc3n12.